The Kier molecular flexibility index (Phi) is 2.98. The summed E-state index contributed by atoms with van der Waals surface area (Å²) in [4.78, 5) is 0. The van der Waals surface area contributed by atoms with Crippen molar-refractivity contribution in [2.75, 3.05) is 0 Å². The Balaban J connectivity index is 2.31. The summed E-state index contributed by atoms with van der Waals surface area (Å²) in [6.07, 6.45) is 6.14. The Bertz CT molecular complexity index is 143. The van der Waals surface area contributed by atoms with E-state index in [1.165, 1.54) is 24.8 Å². The molecule has 11 heavy (non-hydrogen) atoms. The van der Waals surface area contributed by atoms with E-state index in [0.29, 0.717) is 5.92 Å². The van der Waals surface area contributed by atoms with Crippen LogP contribution in [0.1, 0.15) is 40.0 Å². The van der Waals surface area contributed by atoms with E-state index in [0.717, 1.165) is 6.04 Å². The van der Waals surface area contributed by atoms with Crippen LogP contribution in [0.2, 0.25) is 0 Å². The van der Waals surface area contributed by atoms with Crippen LogP contribution in [0.3, 0.4) is 0 Å². The third-order valence-electron chi connectivity index (χ3n) is 2.23. The summed E-state index contributed by atoms with van der Waals surface area (Å²) in [5.74, 6) is 0.700. The molecule has 0 spiro atoms. The lowest BCUT2D eigenvalue weighted by molar-refractivity contribution is 0.709. The molecule has 0 aromatic carbocycles. The molecule has 1 aliphatic rings. The third-order valence-corrected chi connectivity index (χ3v) is 2.23. The predicted octanol–water partition coefficient (Wildman–Crippen LogP) is 2.69. The first-order valence-corrected chi connectivity index (χ1v) is 4.69. The van der Waals surface area contributed by atoms with Crippen molar-refractivity contribution < 1.29 is 0 Å². The zero-order chi connectivity index (χ0) is 8.27. The Morgan fingerprint density at radius 2 is 2.18 bits per heavy atom. The number of allylic oxidation sites excluding steroid dienone is 1. The summed E-state index contributed by atoms with van der Waals surface area (Å²) in [5, 5.41) is 3.43. The molecule has 0 heterocycles. The quantitative estimate of drug-likeness (QED) is 0.654. The van der Waals surface area contributed by atoms with Gasteiger partial charge in [-0.05, 0) is 31.4 Å². The Morgan fingerprint density at radius 1 is 1.55 bits per heavy atom. The highest BCUT2D eigenvalue weighted by atomic mass is 14.9. The van der Waals surface area contributed by atoms with E-state index in [-0.39, 0.29) is 0 Å². The van der Waals surface area contributed by atoms with Crippen LogP contribution in [-0.2, 0) is 0 Å². The minimum Gasteiger partial charge on any atom is -0.388 e. The van der Waals surface area contributed by atoms with Gasteiger partial charge in [-0.3, -0.25) is 0 Å². The molecule has 1 N–H and O–H groups in total. The van der Waals surface area contributed by atoms with Crippen LogP contribution in [0.4, 0.5) is 0 Å². The molecule has 1 rings (SSSR count). The Hall–Kier alpha value is -0.460. The van der Waals surface area contributed by atoms with Gasteiger partial charge in [-0.2, -0.15) is 0 Å². The van der Waals surface area contributed by atoms with Crippen molar-refractivity contribution in [3.8, 4) is 0 Å². The standard InChI is InChI=1S/C10H19N/c1-4-9(8(2)3)7-11-10-5-6-10/h7-8,10-11H,4-6H2,1-3H3/b9-7+. The van der Waals surface area contributed by atoms with Gasteiger partial charge in [-0.15, -0.1) is 0 Å². The summed E-state index contributed by atoms with van der Waals surface area (Å²) in [6.45, 7) is 6.73. The highest BCUT2D eigenvalue weighted by Crippen LogP contribution is 2.20. The monoisotopic (exact) mass is 153 g/mol. The van der Waals surface area contributed by atoms with E-state index in [9.17, 15) is 0 Å². The van der Waals surface area contributed by atoms with E-state index in [1.54, 1.807) is 0 Å². The summed E-state index contributed by atoms with van der Waals surface area (Å²) < 4.78 is 0. The summed E-state index contributed by atoms with van der Waals surface area (Å²) in [7, 11) is 0. The van der Waals surface area contributed by atoms with Crippen LogP contribution in [0, 0.1) is 5.92 Å². The SMILES string of the molecule is CC/C(=C\NC1CC1)C(C)C. The summed E-state index contributed by atoms with van der Waals surface area (Å²) in [5.41, 5.74) is 1.54. The van der Waals surface area contributed by atoms with Gasteiger partial charge in [0, 0.05) is 6.04 Å². The van der Waals surface area contributed by atoms with Crippen LogP contribution in [0.5, 0.6) is 0 Å². The van der Waals surface area contributed by atoms with E-state index >= 15 is 0 Å². The molecule has 0 saturated heterocycles. The third kappa shape index (κ3) is 2.96. The number of rotatable bonds is 4. The lowest BCUT2D eigenvalue weighted by Gasteiger charge is -2.08. The zero-order valence-corrected chi connectivity index (χ0v) is 7.85. The molecule has 1 fully saturated rings. The van der Waals surface area contributed by atoms with Crippen LogP contribution in [-0.4, -0.2) is 6.04 Å². The van der Waals surface area contributed by atoms with Crippen LogP contribution >= 0.6 is 0 Å². The molecule has 1 nitrogen and oxygen atoms in total. The first-order chi connectivity index (χ1) is 5.24. The van der Waals surface area contributed by atoms with Crippen molar-refractivity contribution in [3.63, 3.8) is 0 Å². The fourth-order valence-corrected chi connectivity index (χ4v) is 1.15. The fraction of sp³-hybridized carbons (Fsp3) is 0.800. The molecule has 1 aliphatic carbocycles. The van der Waals surface area contributed by atoms with Gasteiger partial charge in [0.1, 0.15) is 0 Å². The van der Waals surface area contributed by atoms with Gasteiger partial charge in [-0.1, -0.05) is 26.3 Å². The highest BCUT2D eigenvalue weighted by Gasteiger charge is 2.19. The lowest BCUT2D eigenvalue weighted by Crippen LogP contribution is -2.09. The van der Waals surface area contributed by atoms with E-state index < -0.39 is 0 Å². The molecule has 64 valence electrons. The van der Waals surface area contributed by atoms with E-state index in [4.69, 9.17) is 0 Å². The maximum atomic E-state index is 3.43. The van der Waals surface area contributed by atoms with Crippen molar-refractivity contribution in [2.24, 2.45) is 5.92 Å². The molecule has 0 radical (unpaired) electrons. The van der Waals surface area contributed by atoms with Crippen LogP contribution < -0.4 is 5.32 Å². The molecule has 0 atom stereocenters. The molecule has 0 unspecified atom stereocenters. The molecule has 0 aromatic heterocycles. The second-order valence-electron chi connectivity index (χ2n) is 3.67. The van der Waals surface area contributed by atoms with Crippen molar-refractivity contribution >= 4 is 0 Å². The Labute approximate surface area is 69.9 Å². The van der Waals surface area contributed by atoms with Crippen LogP contribution in [0.25, 0.3) is 0 Å². The number of nitrogens with one attached hydrogen (secondary N) is 1. The molecular weight excluding hydrogens is 134 g/mol. The Morgan fingerprint density at radius 3 is 2.55 bits per heavy atom. The van der Waals surface area contributed by atoms with Crippen molar-refractivity contribution in [1.82, 2.24) is 5.32 Å². The average molecular weight is 153 g/mol. The molecule has 0 bridgehead atoms. The van der Waals surface area contributed by atoms with Crippen molar-refractivity contribution in [2.45, 2.75) is 46.1 Å². The number of hydrogen-bond donors (Lipinski definition) is 1. The molecule has 1 heteroatoms. The second-order valence-corrected chi connectivity index (χ2v) is 3.67. The smallest absolute Gasteiger partial charge is 0.0257 e. The summed E-state index contributed by atoms with van der Waals surface area (Å²) in [6, 6.07) is 0.801. The van der Waals surface area contributed by atoms with Gasteiger partial charge < -0.3 is 5.32 Å². The zero-order valence-electron chi connectivity index (χ0n) is 7.85. The van der Waals surface area contributed by atoms with Gasteiger partial charge in [0.25, 0.3) is 0 Å². The van der Waals surface area contributed by atoms with E-state index in [1.807, 2.05) is 0 Å². The van der Waals surface area contributed by atoms with Gasteiger partial charge >= 0.3 is 0 Å². The molecule has 0 aliphatic heterocycles. The first-order valence-electron chi connectivity index (χ1n) is 4.69. The van der Waals surface area contributed by atoms with Crippen molar-refractivity contribution in [1.29, 1.82) is 0 Å². The molecular formula is C10H19N. The second kappa shape index (κ2) is 3.80. The van der Waals surface area contributed by atoms with Crippen LogP contribution in [0.15, 0.2) is 11.8 Å². The van der Waals surface area contributed by atoms with Gasteiger partial charge in [0.2, 0.25) is 0 Å². The minimum absolute atomic E-state index is 0.700. The lowest BCUT2D eigenvalue weighted by atomic mass is 10.0. The van der Waals surface area contributed by atoms with Gasteiger partial charge in [-0.25, -0.2) is 0 Å². The molecule has 0 aromatic rings. The fourth-order valence-electron chi connectivity index (χ4n) is 1.15. The molecule has 0 amide bonds. The minimum atomic E-state index is 0.700. The first kappa shape index (κ1) is 8.63. The highest BCUT2D eigenvalue weighted by molar-refractivity contribution is 5.04. The topological polar surface area (TPSA) is 12.0 Å². The molecule has 1 saturated carbocycles. The van der Waals surface area contributed by atoms with Gasteiger partial charge in [0.15, 0.2) is 0 Å². The maximum absolute atomic E-state index is 3.43. The van der Waals surface area contributed by atoms with Gasteiger partial charge in [0.05, 0.1) is 0 Å². The predicted molar refractivity (Wildman–Crippen MR) is 49.4 cm³/mol. The largest absolute Gasteiger partial charge is 0.388 e. The summed E-state index contributed by atoms with van der Waals surface area (Å²) >= 11 is 0. The normalized spacial score (nSPS) is 19.1. The maximum Gasteiger partial charge on any atom is 0.0257 e. The average Bonchev–Trinajstić information content (AvgIpc) is 2.72. The number of hydrogen-bond acceptors (Lipinski definition) is 1. The van der Waals surface area contributed by atoms with E-state index in [2.05, 4.69) is 32.3 Å². The van der Waals surface area contributed by atoms with Crippen molar-refractivity contribution in [3.05, 3.63) is 11.8 Å².